The zero-order valence-corrected chi connectivity index (χ0v) is 12.7. The first-order valence-corrected chi connectivity index (χ1v) is 9.65. The molecule has 0 amide bonds. The summed E-state index contributed by atoms with van der Waals surface area (Å²) in [6, 6.07) is 5.32. The third-order valence-electron chi connectivity index (χ3n) is 2.26. The smallest absolute Gasteiger partial charge is 0.129 e. The number of rotatable bonds is 2. The van der Waals surface area contributed by atoms with Crippen LogP contribution >= 0.6 is 11.6 Å². The van der Waals surface area contributed by atoms with E-state index < -0.39 is 14.2 Å². The summed E-state index contributed by atoms with van der Waals surface area (Å²) < 4.78 is 0. The van der Waals surface area contributed by atoms with Gasteiger partial charge in [0.1, 0.15) is 8.07 Å². The SMILES string of the molecule is C#CCC(O)c1ccc(Cl)cc1C#C[Si](C)(C)C. The van der Waals surface area contributed by atoms with Crippen LogP contribution in [0.2, 0.25) is 24.7 Å². The normalized spacial score (nSPS) is 12.2. The third kappa shape index (κ3) is 4.59. The lowest BCUT2D eigenvalue weighted by Crippen LogP contribution is -2.16. The molecule has 18 heavy (non-hydrogen) atoms. The van der Waals surface area contributed by atoms with Crippen LogP contribution in [0.3, 0.4) is 0 Å². The number of benzene rings is 1. The summed E-state index contributed by atoms with van der Waals surface area (Å²) in [5.74, 6) is 5.59. The van der Waals surface area contributed by atoms with E-state index >= 15 is 0 Å². The molecule has 1 rings (SSSR count). The summed E-state index contributed by atoms with van der Waals surface area (Å²) in [5, 5.41) is 10.6. The Hall–Kier alpha value is -1.19. The van der Waals surface area contributed by atoms with Crippen LogP contribution in [0.5, 0.6) is 0 Å². The molecule has 0 bridgehead atoms. The van der Waals surface area contributed by atoms with Gasteiger partial charge in [0.2, 0.25) is 0 Å². The van der Waals surface area contributed by atoms with E-state index in [1.165, 1.54) is 0 Å². The van der Waals surface area contributed by atoms with Gasteiger partial charge in [0, 0.05) is 17.0 Å². The minimum atomic E-state index is -1.46. The van der Waals surface area contributed by atoms with Crippen LogP contribution in [-0.2, 0) is 0 Å². The Labute approximate surface area is 115 Å². The summed E-state index contributed by atoms with van der Waals surface area (Å²) >= 11 is 5.97. The molecule has 3 heteroatoms. The molecule has 0 aromatic heterocycles. The van der Waals surface area contributed by atoms with Crippen molar-refractivity contribution in [3.05, 3.63) is 34.3 Å². The lowest BCUT2D eigenvalue weighted by Gasteiger charge is -2.11. The zero-order chi connectivity index (χ0) is 13.8. The summed E-state index contributed by atoms with van der Waals surface area (Å²) in [7, 11) is -1.46. The molecule has 1 nitrogen and oxygen atoms in total. The molecule has 0 spiro atoms. The fraction of sp³-hybridized carbons (Fsp3) is 0.333. The Balaban J connectivity index is 3.19. The van der Waals surface area contributed by atoms with E-state index in [9.17, 15) is 5.11 Å². The number of halogens is 1. The highest BCUT2D eigenvalue weighted by molar-refractivity contribution is 6.83. The highest BCUT2D eigenvalue weighted by Gasteiger charge is 2.12. The molecule has 0 saturated heterocycles. The fourth-order valence-electron chi connectivity index (χ4n) is 1.40. The second-order valence-corrected chi connectivity index (χ2v) is 10.3. The summed E-state index contributed by atoms with van der Waals surface area (Å²) in [5.41, 5.74) is 4.79. The monoisotopic (exact) mass is 276 g/mol. The van der Waals surface area contributed by atoms with Gasteiger partial charge in [0.25, 0.3) is 0 Å². The van der Waals surface area contributed by atoms with Gasteiger partial charge in [0.15, 0.2) is 0 Å². The minimum absolute atomic E-state index is 0.281. The molecule has 0 radical (unpaired) electrons. The van der Waals surface area contributed by atoms with Crippen molar-refractivity contribution in [2.75, 3.05) is 0 Å². The molecule has 1 N–H and O–H groups in total. The molecular formula is C15H17ClOSi. The van der Waals surface area contributed by atoms with Crippen LogP contribution < -0.4 is 0 Å². The average molecular weight is 277 g/mol. The first-order valence-electron chi connectivity index (χ1n) is 5.77. The van der Waals surface area contributed by atoms with Crippen molar-refractivity contribution in [3.8, 4) is 23.8 Å². The second kappa shape index (κ2) is 6.11. The Morgan fingerprint density at radius 2 is 2.06 bits per heavy atom. The average Bonchev–Trinajstić information content (AvgIpc) is 2.25. The van der Waals surface area contributed by atoms with Crippen molar-refractivity contribution < 1.29 is 5.11 Å². The van der Waals surface area contributed by atoms with Crippen LogP contribution in [0.25, 0.3) is 0 Å². The zero-order valence-electron chi connectivity index (χ0n) is 10.9. The molecule has 0 aliphatic carbocycles. The molecule has 0 aliphatic rings. The maximum absolute atomic E-state index is 9.98. The highest BCUT2D eigenvalue weighted by atomic mass is 35.5. The number of aliphatic hydroxyl groups excluding tert-OH is 1. The number of hydrogen-bond acceptors (Lipinski definition) is 1. The summed E-state index contributed by atoms with van der Waals surface area (Å²) in [6.45, 7) is 6.51. The second-order valence-electron chi connectivity index (χ2n) is 5.16. The molecular weight excluding hydrogens is 260 g/mol. The van der Waals surface area contributed by atoms with E-state index in [4.69, 9.17) is 18.0 Å². The molecule has 0 saturated carbocycles. The van der Waals surface area contributed by atoms with Crippen molar-refractivity contribution in [1.82, 2.24) is 0 Å². The van der Waals surface area contributed by atoms with Gasteiger partial charge in [-0.2, -0.15) is 0 Å². The summed E-state index contributed by atoms with van der Waals surface area (Å²) in [6.07, 6.45) is 4.82. The largest absolute Gasteiger partial charge is 0.387 e. The van der Waals surface area contributed by atoms with Crippen LogP contribution in [0, 0.1) is 23.8 Å². The van der Waals surface area contributed by atoms with Crippen molar-refractivity contribution in [3.63, 3.8) is 0 Å². The molecule has 0 fully saturated rings. The number of terminal acetylenes is 1. The predicted molar refractivity (Wildman–Crippen MR) is 80.1 cm³/mol. The van der Waals surface area contributed by atoms with Gasteiger partial charge in [0.05, 0.1) is 6.10 Å². The fourth-order valence-corrected chi connectivity index (χ4v) is 2.09. The third-order valence-corrected chi connectivity index (χ3v) is 3.37. The van der Waals surface area contributed by atoms with Crippen LogP contribution in [0.4, 0.5) is 0 Å². The van der Waals surface area contributed by atoms with Gasteiger partial charge in [-0.15, -0.1) is 17.9 Å². The lowest BCUT2D eigenvalue weighted by atomic mass is 10.0. The maximum Gasteiger partial charge on any atom is 0.129 e. The maximum atomic E-state index is 9.98. The van der Waals surface area contributed by atoms with Crippen molar-refractivity contribution in [2.24, 2.45) is 0 Å². The Morgan fingerprint density at radius 3 is 2.61 bits per heavy atom. The van der Waals surface area contributed by atoms with E-state index in [2.05, 4.69) is 37.0 Å². The molecule has 0 heterocycles. The quantitative estimate of drug-likeness (QED) is 0.646. The van der Waals surface area contributed by atoms with Gasteiger partial charge >= 0.3 is 0 Å². The van der Waals surface area contributed by atoms with Crippen LogP contribution in [0.1, 0.15) is 23.7 Å². The van der Waals surface area contributed by atoms with Gasteiger partial charge < -0.3 is 5.11 Å². The van der Waals surface area contributed by atoms with Crippen LogP contribution in [0.15, 0.2) is 18.2 Å². The lowest BCUT2D eigenvalue weighted by molar-refractivity contribution is 0.184. The molecule has 1 unspecified atom stereocenters. The summed E-state index contributed by atoms with van der Waals surface area (Å²) in [4.78, 5) is 0. The predicted octanol–water partition coefficient (Wildman–Crippen LogP) is 3.63. The Bertz CT molecular complexity index is 526. The topological polar surface area (TPSA) is 20.2 Å². The Kier molecular flexibility index (Phi) is 5.05. The molecule has 0 aliphatic heterocycles. The van der Waals surface area contributed by atoms with Crippen molar-refractivity contribution in [1.29, 1.82) is 0 Å². The molecule has 1 atom stereocenters. The van der Waals surface area contributed by atoms with Crippen LogP contribution in [-0.4, -0.2) is 13.2 Å². The van der Waals surface area contributed by atoms with E-state index in [1.54, 1.807) is 18.2 Å². The number of hydrogen-bond donors (Lipinski definition) is 1. The van der Waals surface area contributed by atoms with Crippen molar-refractivity contribution in [2.45, 2.75) is 32.2 Å². The van der Waals surface area contributed by atoms with E-state index in [1.807, 2.05) is 0 Å². The Morgan fingerprint density at radius 1 is 1.39 bits per heavy atom. The molecule has 94 valence electrons. The van der Waals surface area contributed by atoms with Gasteiger partial charge in [-0.1, -0.05) is 43.2 Å². The molecule has 1 aromatic carbocycles. The van der Waals surface area contributed by atoms with E-state index in [0.29, 0.717) is 5.02 Å². The van der Waals surface area contributed by atoms with Crippen molar-refractivity contribution >= 4 is 19.7 Å². The van der Waals surface area contributed by atoms with Gasteiger partial charge in [-0.05, 0) is 17.7 Å². The van der Waals surface area contributed by atoms with E-state index in [0.717, 1.165) is 11.1 Å². The van der Waals surface area contributed by atoms with E-state index in [-0.39, 0.29) is 6.42 Å². The van der Waals surface area contributed by atoms with Gasteiger partial charge in [-0.25, -0.2) is 0 Å². The molecule has 1 aromatic rings. The first-order chi connectivity index (χ1) is 8.33. The standard InChI is InChI=1S/C15H17ClOSi/c1-5-6-15(17)14-8-7-13(16)11-12(14)9-10-18(2,3)4/h1,7-8,11,15,17H,6H2,2-4H3. The van der Waals surface area contributed by atoms with Gasteiger partial charge in [-0.3, -0.25) is 0 Å². The highest BCUT2D eigenvalue weighted by Crippen LogP contribution is 2.23. The first kappa shape index (κ1) is 14.9. The number of aliphatic hydroxyl groups is 1. The minimum Gasteiger partial charge on any atom is -0.387 e.